The van der Waals surface area contributed by atoms with Crippen LogP contribution in [0.5, 0.6) is 0 Å². The summed E-state index contributed by atoms with van der Waals surface area (Å²) in [4.78, 5) is 39.2. The Bertz CT molecular complexity index is 737. The van der Waals surface area contributed by atoms with Crippen molar-refractivity contribution >= 4 is 28.6 Å². The number of para-hydroxylation sites is 1. The van der Waals surface area contributed by atoms with Gasteiger partial charge in [0.15, 0.2) is 0 Å². The highest BCUT2D eigenvalue weighted by atomic mass is 16.4. The monoisotopic (exact) mass is 314 g/mol. The van der Waals surface area contributed by atoms with E-state index in [-0.39, 0.29) is 18.6 Å². The second-order valence-electron chi connectivity index (χ2n) is 5.18. The van der Waals surface area contributed by atoms with E-state index in [0.29, 0.717) is 17.5 Å². The molecule has 1 aromatic heterocycles. The van der Waals surface area contributed by atoms with Crippen LogP contribution < -0.4 is 5.32 Å². The lowest BCUT2D eigenvalue weighted by molar-refractivity contribution is -0.139. The van der Waals surface area contributed by atoms with Crippen LogP contribution in [0.1, 0.15) is 36.5 Å². The van der Waals surface area contributed by atoms with E-state index in [1.807, 2.05) is 12.1 Å². The first-order valence-corrected chi connectivity index (χ1v) is 7.42. The van der Waals surface area contributed by atoms with E-state index < -0.39 is 17.9 Å². The second kappa shape index (κ2) is 7.49. The number of carboxylic acids is 1. The number of rotatable bonds is 7. The van der Waals surface area contributed by atoms with Crippen LogP contribution in [0.4, 0.5) is 0 Å². The van der Waals surface area contributed by atoms with E-state index in [0.717, 1.165) is 5.39 Å². The molecule has 1 heterocycles. The van der Waals surface area contributed by atoms with Gasteiger partial charge in [-0.05, 0) is 18.6 Å². The zero-order chi connectivity index (χ0) is 16.8. The Balaban J connectivity index is 2.17. The maximum atomic E-state index is 12.4. The van der Waals surface area contributed by atoms with Gasteiger partial charge in [-0.2, -0.15) is 0 Å². The summed E-state index contributed by atoms with van der Waals surface area (Å²) in [5.74, 6) is -1.70. The molecule has 2 N–H and O–H groups in total. The highest BCUT2D eigenvalue weighted by molar-refractivity contribution is 6.06. The number of Topliss-reactive ketones (excluding diaryl/α,β-unsaturated/α-hetero) is 1. The molecule has 0 aliphatic carbocycles. The minimum absolute atomic E-state index is 0.0303. The van der Waals surface area contributed by atoms with Gasteiger partial charge in [0, 0.05) is 24.4 Å². The van der Waals surface area contributed by atoms with Crippen molar-refractivity contribution in [2.75, 3.05) is 0 Å². The van der Waals surface area contributed by atoms with E-state index in [1.54, 1.807) is 31.3 Å². The average Bonchev–Trinajstić information content (AvgIpc) is 2.57. The van der Waals surface area contributed by atoms with Gasteiger partial charge in [-0.25, -0.2) is 4.79 Å². The Hall–Kier alpha value is -2.76. The molecule has 0 radical (unpaired) electrons. The molecule has 1 atom stereocenters. The Morgan fingerprint density at radius 3 is 2.65 bits per heavy atom. The van der Waals surface area contributed by atoms with Gasteiger partial charge in [-0.3, -0.25) is 14.6 Å². The molecule has 6 heteroatoms. The van der Waals surface area contributed by atoms with Crippen LogP contribution in [0.2, 0.25) is 0 Å². The van der Waals surface area contributed by atoms with Crippen LogP contribution in [-0.2, 0) is 9.59 Å². The van der Waals surface area contributed by atoms with Crippen LogP contribution in [0.3, 0.4) is 0 Å². The number of carbonyl (C=O) groups excluding carboxylic acids is 2. The number of ketones is 1. The number of aromatic nitrogens is 1. The predicted octanol–water partition coefficient (Wildman–Crippen LogP) is 2.18. The molecule has 23 heavy (non-hydrogen) atoms. The maximum absolute atomic E-state index is 12.4. The van der Waals surface area contributed by atoms with E-state index in [2.05, 4.69) is 10.3 Å². The van der Waals surface area contributed by atoms with E-state index in [9.17, 15) is 19.5 Å². The third-order valence-corrected chi connectivity index (χ3v) is 3.59. The zero-order valence-electron chi connectivity index (χ0n) is 12.8. The van der Waals surface area contributed by atoms with Crippen molar-refractivity contribution in [1.29, 1.82) is 0 Å². The molecule has 0 bridgehead atoms. The molecule has 0 unspecified atom stereocenters. The number of pyridine rings is 1. The molecule has 0 aliphatic heterocycles. The Morgan fingerprint density at radius 1 is 1.22 bits per heavy atom. The summed E-state index contributed by atoms with van der Waals surface area (Å²) in [5.41, 5.74) is 0.831. The largest absolute Gasteiger partial charge is 0.480 e. The fraction of sp³-hybridized carbons (Fsp3) is 0.294. The lowest BCUT2D eigenvalue weighted by atomic mass is 10.1. The summed E-state index contributed by atoms with van der Waals surface area (Å²) in [6, 6.07) is 7.63. The molecule has 1 amide bonds. The van der Waals surface area contributed by atoms with Gasteiger partial charge in [0.05, 0.1) is 11.1 Å². The average molecular weight is 314 g/mol. The van der Waals surface area contributed by atoms with Gasteiger partial charge in [0.25, 0.3) is 5.91 Å². The number of fused-ring (bicyclic) bond motifs is 1. The molecule has 6 nitrogen and oxygen atoms in total. The zero-order valence-corrected chi connectivity index (χ0v) is 12.8. The first kappa shape index (κ1) is 16.6. The Kier molecular flexibility index (Phi) is 5.41. The molecular formula is C17H18N2O4. The molecule has 0 fully saturated rings. The first-order valence-electron chi connectivity index (χ1n) is 7.42. The van der Waals surface area contributed by atoms with Crippen LogP contribution >= 0.6 is 0 Å². The minimum Gasteiger partial charge on any atom is -0.480 e. The highest BCUT2D eigenvalue weighted by Gasteiger charge is 2.22. The molecule has 0 aliphatic rings. The number of benzene rings is 1. The van der Waals surface area contributed by atoms with Gasteiger partial charge >= 0.3 is 5.97 Å². The standard InChI is InChI=1S/C17H18N2O4/c1-2-12(20)8-9-14(17(22)23)19-16(21)13-7-3-5-11-6-4-10-18-15(11)13/h3-7,10,14H,2,8-9H2,1H3,(H,19,21)(H,22,23)/t14-/m0/s1. The van der Waals surface area contributed by atoms with E-state index in [4.69, 9.17) is 0 Å². The second-order valence-corrected chi connectivity index (χ2v) is 5.18. The van der Waals surface area contributed by atoms with Crippen molar-refractivity contribution in [3.8, 4) is 0 Å². The number of aliphatic carboxylic acids is 1. The summed E-state index contributed by atoms with van der Waals surface area (Å²) < 4.78 is 0. The molecule has 2 aromatic rings. The number of hydrogen-bond acceptors (Lipinski definition) is 4. The third-order valence-electron chi connectivity index (χ3n) is 3.59. The van der Waals surface area contributed by atoms with Gasteiger partial charge in [-0.1, -0.05) is 25.1 Å². The van der Waals surface area contributed by atoms with Crippen molar-refractivity contribution in [1.82, 2.24) is 10.3 Å². The molecule has 0 spiro atoms. The smallest absolute Gasteiger partial charge is 0.326 e. The number of carbonyl (C=O) groups is 3. The molecule has 120 valence electrons. The molecule has 2 rings (SSSR count). The fourth-order valence-electron chi connectivity index (χ4n) is 2.26. The van der Waals surface area contributed by atoms with Gasteiger partial charge in [0.2, 0.25) is 0 Å². The minimum atomic E-state index is -1.16. The summed E-state index contributed by atoms with van der Waals surface area (Å²) in [5, 5.41) is 12.5. The Labute approximate surface area is 133 Å². The number of nitrogens with one attached hydrogen (secondary N) is 1. The first-order chi connectivity index (χ1) is 11.0. The van der Waals surface area contributed by atoms with Crippen molar-refractivity contribution in [2.45, 2.75) is 32.2 Å². The van der Waals surface area contributed by atoms with Crippen LogP contribution in [0.15, 0.2) is 36.5 Å². The SMILES string of the molecule is CCC(=O)CC[C@H](NC(=O)c1cccc2cccnc12)C(=O)O. The van der Waals surface area contributed by atoms with Gasteiger partial charge in [0.1, 0.15) is 11.8 Å². The number of nitrogens with zero attached hydrogens (tertiary/aromatic N) is 1. The lowest BCUT2D eigenvalue weighted by Crippen LogP contribution is -2.41. The summed E-state index contributed by atoms with van der Waals surface area (Å²) in [6.45, 7) is 1.72. The van der Waals surface area contributed by atoms with E-state index in [1.165, 1.54) is 0 Å². The van der Waals surface area contributed by atoms with Crippen LogP contribution in [0, 0.1) is 0 Å². The van der Waals surface area contributed by atoms with Gasteiger partial charge < -0.3 is 10.4 Å². The fourth-order valence-corrected chi connectivity index (χ4v) is 2.26. The predicted molar refractivity (Wildman–Crippen MR) is 85.2 cm³/mol. The molecule has 0 saturated heterocycles. The van der Waals surface area contributed by atoms with Crippen molar-refractivity contribution in [3.63, 3.8) is 0 Å². The molecular weight excluding hydrogens is 296 g/mol. The third kappa shape index (κ3) is 4.12. The number of hydrogen-bond donors (Lipinski definition) is 2. The normalized spacial score (nSPS) is 11.9. The summed E-state index contributed by atoms with van der Waals surface area (Å²) in [6.07, 6.45) is 2.13. The topological polar surface area (TPSA) is 96.4 Å². The number of amides is 1. The lowest BCUT2D eigenvalue weighted by Gasteiger charge is -2.14. The van der Waals surface area contributed by atoms with Crippen molar-refractivity contribution in [3.05, 3.63) is 42.1 Å². The van der Waals surface area contributed by atoms with E-state index >= 15 is 0 Å². The maximum Gasteiger partial charge on any atom is 0.326 e. The van der Waals surface area contributed by atoms with Crippen molar-refractivity contribution < 1.29 is 19.5 Å². The van der Waals surface area contributed by atoms with Crippen LogP contribution in [-0.4, -0.2) is 33.8 Å². The van der Waals surface area contributed by atoms with Crippen LogP contribution in [0.25, 0.3) is 10.9 Å². The highest BCUT2D eigenvalue weighted by Crippen LogP contribution is 2.16. The van der Waals surface area contributed by atoms with Gasteiger partial charge in [-0.15, -0.1) is 0 Å². The quantitative estimate of drug-likeness (QED) is 0.816. The number of carboxylic acid groups (broad SMARTS) is 1. The molecule has 1 aromatic carbocycles. The summed E-state index contributed by atoms with van der Waals surface area (Å²) >= 11 is 0. The Morgan fingerprint density at radius 2 is 1.96 bits per heavy atom. The van der Waals surface area contributed by atoms with Crippen molar-refractivity contribution in [2.24, 2.45) is 0 Å². The summed E-state index contributed by atoms with van der Waals surface area (Å²) in [7, 11) is 0. The molecule has 0 saturated carbocycles.